The Morgan fingerprint density at radius 3 is 2.40 bits per heavy atom. The fourth-order valence-electron chi connectivity index (χ4n) is 3.71. The van der Waals surface area contributed by atoms with Crippen molar-refractivity contribution in [3.8, 4) is 22.8 Å². The number of methoxy groups -OCH3 is 2. The molecule has 0 aliphatic rings. The molecular formula is C27H26N4O4. The van der Waals surface area contributed by atoms with Crippen LogP contribution in [0.5, 0.6) is 11.5 Å². The van der Waals surface area contributed by atoms with Crippen molar-refractivity contribution in [2.45, 2.75) is 13.0 Å². The smallest absolute Gasteiger partial charge is 0.262 e. The number of ether oxygens (including phenoxy) is 2. The van der Waals surface area contributed by atoms with Crippen molar-refractivity contribution < 1.29 is 19.1 Å². The molecule has 1 heterocycles. The van der Waals surface area contributed by atoms with Crippen LogP contribution in [0.1, 0.15) is 22.8 Å². The SMILES string of the molecule is COc1ccc(C(=O)N[C@@H](C)C(=O)N/N=C/c2c(-c3ccccc3)[nH]c3ccccc23)cc1OC. The molecule has 0 bridgehead atoms. The minimum Gasteiger partial charge on any atom is -0.493 e. The zero-order chi connectivity index (χ0) is 24.8. The van der Waals surface area contributed by atoms with Crippen LogP contribution in [0.3, 0.4) is 0 Å². The van der Waals surface area contributed by atoms with Crippen LogP contribution in [-0.4, -0.2) is 43.3 Å². The number of carbonyl (C=O) groups is 2. The molecule has 3 aromatic carbocycles. The zero-order valence-corrected chi connectivity index (χ0v) is 19.7. The van der Waals surface area contributed by atoms with E-state index in [2.05, 4.69) is 20.8 Å². The molecule has 0 fully saturated rings. The summed E-state index contributed by atoms with van der Waals surface area (Å²) in [6.07, 6.45) is 1.61. The van der Waals surface area contributed by atoms with Crippen LogP contribution < -0.4 is 20.2 Å². The third-order valence-corrected chi connectivity index (χ3v) is 5.56. The van der Waals surface area contributed by atoms with Crippen molar-refractivity contribution in [2.75, 3.05) is 14.2 Å². The molecule has 0 saturated heterocycles. The molecule has 0 aliphatic carbocycles. The van der Waals surface area contributed by atoms with Crippen molar-refractivity contribution in [1.82, 2.24) is 15.7 Å². The van der Waals surface area contributed by atoms with Crippen molar-refractivity contribution in [3.63, 3.8) is 0 Å². The number of nitrogens with zero attached hydrogens (tertiary/aromatic N) is 1. The summed E-state index contributed by atoms with van der Waals surface area (Å²) in [6.45, 7) is 1.59. The summed E-state index contributed by atoms with van der Waals surface area (Å²) in [5.41, 5.74) is 6.60. The van der Waals surface area contributed by atoms with Crippen molar-refractivity contribution >= 4 is 28.9 Å². The lowest BCUT2D eigenvalue weighted by molar-refractivity contribution is -0.122. The van der Waals surface area contributed by atoms with Gasteiger partial charge in [-0.1, -0.05) is 48.5 Å². The molecule has 0 unspecified atom stereocenters. The fraction of sp³-hybridized carbons (Fsp3) is 0.148. The molecule has 4 rings (SSSR count). The van der Waals surface area contributed by atoms with Crippen LogP contribution in [0.25, 0.3) is 22.2 Å². The average molecular weight is 471 g/mol. The van der Waals surface area contributed by atoms with Crippen LogP contribution in [0, 0.1) is 0 Å². The van der Waals surface area contributed by atoms with Crippen molar-refractivity contribution in [3.05, 3.63) is 83.9 Å². The highest BCUT2D eigenvalue weighted by atomic mass is 16.5. The highest BCUT2D eigenvalue weighted by Crippen LogP contribution is 2.29. The van der Waals surface area contributed by atoms with Crippen molar-refractivity contribution in [1.29, 1.82) is 0 Å². The highest BCUT2D eigenvalue weighted by Gasteiger charge is 2.18. The maximum atomic E-state index is 12.6. The summed E-state index contributed by atoms with van der Waals surface area (Å²) in [5, 5.41) is 7.82. The molecule has 0 spiro atoms. The van der Waals surface area contributed by atoms with Gasteiger partial charge >= 0.3 is 0 Å². The number of para-hydroxylation sites is 1. The van der Waals surface area contributed by atoms with Gasteiger partial charge in [-0.25, -0.2) is 5.43 Å². The number of nitrogens with one attached hydrogen (secondary N) is 3. The summed E-state index contributed by atoms with van der Waals surface area (Å²) in [7, 11) is 3.01. The first-order chi connectivity index (χ1) is 17.0. The molecule has 0 radical (unpaired) electrons. The number of rotatable bonds is 8. The molecule has 35 heavy (non-hydrogen) atoms. The predicted octanol–water partition coefficient (Wildman–Crippen LogP) is 4.12. The van der Waals surface area contributed by atoms with Gasteiger partial charge in [-0.2, -0.15) is 5.10 Å². The van der Waals surface area contributed by atoms with Crippen molar-refractivity contribution in [2.24, 2.45) is 5.10 Å². The maximum Gasteiger partial charge on any atom is 0.262 e. The second-order valence-electron chi connectivity index (χ2n) is 7.82. The summed E-state index contributed by atoms with van der Waals surface area (Å²) >= 11 is 0. The first-order valence-electron chi connectivity index (χ1n) is 11.0. The summed E-state index contributed by atoms with van der Waals surface area (Å²) in [4.78, 5) is 28.6. The Kier molecular flexibility index (Phi) is 7.11. The third kappa shape index (κ3) is 5.16. The average Bonchev–Trinajstić information content (AvgIpc) is 3.27. The monoisotopic (exact) mass is 470 g/mol. The van der Waals surface area contributed by atoms with E-state index in [1.54, 1.807) is 31.3 Å². The number of fused-ring (bicyclic) bond motifs is 1. The number of benzene rings is 3. The van der Waals surface area contributed by atoms with Gasteiger partial charge in [-0.3, -0.25) is 9.59 Å². The Morgan fingerprint density at radius 2 is 1.66 bits per heavy atom. The molecule has 1 aromatic heterocycles. The molecule has 178 valence electrons. The standard InChI is InChI=1S/C27H26N4O4/c1-17(29-27(33)19-13-14-23(34-2)24(15-19)35-3)26(32)31-28-16-21-20-11-7-8-12-22(20)30-25(21)18-9-5-4-6-10-18/h4-17,30H,1-3H3,(H,29,33)(H,31,32)/b28-16+/t17-/m0/s1. The Morgan fingerprint density at radius 1 is 0.943 bits per heavy atom. The topological polar surface area (TPSA) is 105 Å². The van der Waals surface area contributed by atoms with Crippen LogP contribution in [0.2, 0.25) is 0 Å². The van der Waals surface area contributed by atoms with Crippen LogP contribution in [-0.2, 0) is 4.79 Å². The van der Waals surface area contributed by atoms with E-state index in [0.29, 0.717) is 17.1 Å². The second kappa shape index (κ2) is 10.6. The molecule has 8 heteroatoms. The highest BCUT2D eigenvalue weighted by molar-refractivity contribution is 6.06. The largest absolute Gasteiger partial charge is 0.493 e. The molecular weight excluding hydrogens is 444 g/mol. The molecule has 3 N–H and O–H groups in total. The first kappa shape index (κ1) is 23.6. The van der Waals surface area contributed by atoms with Gasteiger partial charge in [0, 0.05) is 22.0 Å². The molecule has 8 nitrogen and oxygen atoms in total. The van der Waals surface area contributed by atoms with E-state index in [4.69, 9.17) is 9.47 Å². The summed E-state index contributed by atoms with van der Waals surface area (Å²) in [6, 6.07) is 21.8. The number of amides is 2. The summed E-state index contributed by atoms with van der Waals surface area (Å²) < 4.78 is 10.4. The number of hydrogen-bond donors (Lipinski definition) is 3. The van der Waals surface area contributed by atoms with Gasteiger partial charge < -0.3 is 19.8 Å². The Hall–Kier alpha value is -4.59. The Bertz CT molecular complexity index is 1380. The van der Waals surface area contributed by atoms with Gasteiger partial charge in [-0.15, -0.1) is 0 Å². The minimum atomic E-state index is -0.815. The fourth-order valence-corrected chi connectivity index (χ4v) is 3.71. The molecule has 0 aliphatic heterocycles. The first-order valence-corrected chi connectivity index (χ1v) is 11.0. The number of H-pyrrole nitrogens is 1. The lowest BCUT2D eigenvalue weighted by atomic mass is 10.1. The Labute approximate surface area is 203 Å². The van der Waals surface area contributed by atoms with E-state index in [1.807, 2.05) is 54.6 Å². The number of aromatic amines is 1. The molecule has 2 amide bonds. The number of hydrazone groups is 1. The van der Waals surface area contributed by atoms with E-state index < -0.39 is 17.9 Å². The van der Waals surface area contributed by atoms with E-state index in [-0.39, 0.29) is 0 Å². The second-order valence-corrected chi connectivity index (χ2v) is 7.82. The van der Waals surface area contributed by atoms with Gasteiger partial charge in [-0.05, 0) is 36.8 Å². The van der Waals surface area contributed by atoms with E-state index >= 15 is 0 Å². The minimum absolute atomic E-state index is 0.345. The van der Waals surface area contributed by atoms with Gasteiger partial charge in [0.05, 0.1) is 26.1 Å². The summed E-state index contributed by atoms with van der Waals surface area (Å²) in [5.74, 6) is 0.0721. The van der Waals surface area contributed by atoms with E-state index in [9.17, 15) is 9.59 Å². The zero-order valence-electron chi connectivity index (χ0n) is 19.7. The van der Waals surface area contributed by atoms with Crippen LogP contribution in [0.15, 0.2) is 77.9 Å². The Balaban J connectivity index is 1.46. The van der Waals surface area contributed by atoms with Gasteiger partial charge in [0.15, 0.2) is 11.5 Å². The van der Waals surface area contributed by atoms with E-state index in [0.717, 1.165) is 27.7 Å². The number of aromatic nitrogens is 1. The van der Waals surface area contributed by atoms with E-state index in [1.165, 1.54) is 14.2 Å². The third-order valence-electron chi connectivity index (χ3n) is 5.56. The number of carbonyl (C=O) groups excluding carboxylic acids is 2. The lowest BCUT2D eigenvalue weighted by Crippen LogP contribution is -2.43. The van der Waals surface area contributed by atoms with Crippen LogP contribution in [0.4, 0.5) is 0 Å². The number of hydrogen-bond acceptors (Lipinski definition) is 5. The van der Waals surface area contributed by atoms with Gasteiger partial charge in [0.25, 0.3) is 11.8 Å². The molecule has 1 atom stereocenters. The molecule has 4 aromatic rings. The van der Waals surface area contributed by atoms with Gasteiger partial charge in [0.2, 0.25) is 0 Å². The lowest BCUT2D eigenvalue weighted by Gasteiger charge is -2.13. The van der Waals surface area contributed by atoms with Gasteiger partial charge in [0.1, 0.15) is 6.04 Å². The maximum absolute atomic E-state index is 12.6. The predicted molar refractivity (Wildman–Crippen MR) is 136 cm³/mol. The molecule has 0 saturated carbocycles. The van der Waals surface area contributed by atoms with Crippen LogP contribution >= 0.6 is 0 Å². The normalized spacial score (nSPS) is 11.9. The quantitative estimate of drug-likeness (QED) is 0.266.